The molecule has 1 heterocycles. The Kier molecular flexibility index (Phi) is 3.94. The van der Waals surface area contributed by atoms with Crippen molar-refractivity contribution in [1.29, 1.82) is 0 Å². The summed E-state index contributed by atoms with van der Waals surface area (Å²) in [6.07, 6.45) is 0. The number of hydrogen-bond donors (Lipinski definition) is 1. The van der Waals surface area contributed by atoms with Gasteiger partial charge in [0.25, 0.3) is 0 Å². The van der Waals surface area contributed by atoms with Gasteiger partial charge in [0, 0.05) is 5.75 Å². The van der Waals surface area contributed by atoms with E-state index in [4.69, 9.17) is 5.11 Å². The van der Waals surface area contributed by atoms with E-state index in [0.29, 0.717) is 0 Å². The van der Waals surface area contributed by atoms with Crippen LogP contribution in [0.2, 0.25) is 0 Å². The van der Waals surface area contributed by atoms with Gasteiger partial charge >= 0.3 is 5.97 Å². The van der Waals surface area contributed by atoms with Crippen molar-refractivity contribution < 1.29 is 9.90 Å². The Hall–Kier alpha value is -1.88. The van der Waals surface area contributed by atoms with Gasteiger partial charge in [-0.05, 0) is 30.2 Å². The Bertz CT molecular complexity index is 555. The second kappa shape index (κ2) is 5.64. The van der Waals surface area contributed by atoms with Crippen LogP contribution in [0.15, 0.2) is 41.4 Å². The summed E-state index contributed by atoms with van der Waals surface area (Å²) in [5.74, 6) is -0.258. The lowest BCUT2D eigenvalue weighted by Gasteiger charge is -2.04. The monoisotopic (exact) mass is 260 g/mol. The van der Waals surface area contributed by atoms with Gasteiger partial charge < -0.3 is 5.11 Å². The first kappa shape index (κ1) is 12.6. The van der Waals surface area contributed by atoms with Crippen molar-refractivity contribution in [3.8, 4) is 0 Å². The fraction of sp³-hybridized carbons (Fsp3) is 0.154. The van der Waals surface area contributed by atoms with Crippen molar-refractivity contribution in [2.24, 2.45) is 0 Å². The highest BCUT2D eigenvalue weighted by molar-refractivity contribution is 7.98. The van der Waals surface area contributed by atoms with Crippen molar-refractivity contribution in [1.82, 2.24) is 10.2 Å². The second-order valence-electron chi connectivity index (χ2n) is 3.78. The minimum Gasteiger partial charge on any atom is -0.476 e. The van der Waals surface area contributed by atoms with Crippen LogP contribution < -0.4 is 0 Å². The number of aromatic nitrogens is 2. The third kappa shape index (κ3) is 3.07. The first-order chi connectivity index (χ1) is 8.66. The summed E-state index contributed by atoms with van der Waals surface area (Å²) in [5, 5.41) is 17.0. The first-order valence-electron chi connectivity index (χ1n) is 5.41. The van der Waals surface area contributed by atoms with E-state index >= 15 is 0 Å². The zero-order valence-electron chi connectivity index (χ0n) is 9.83. The highest BCUT2D eigenvalue weighted by atomic mass is 32.2. The van der Waals surface area contributed by atoms with E-state index in [9.17, 15) is 4.79 Å². The zero-order chi connectivity index (χ0) is 13.0. The SMILES string of the molecule is Cc1ccccc1CSc1ccc(C(=O)O)nn1. The smallest absolute Gasteiger partial charge is 0.356 e. The average Bonchev–Trinajstić information content (AvgIpc) is 2.38. The van der Waals surface area contributed by atoms with Crippen LogP contribution in [-0.2, 0) is 5.75 Å². The molecule has 1 N–H and O–H groups in total. The Balaban J connectivity index is 2.02. The Morgan fingerprint density at radius 1 is 1.22 bits per heavy atom. The summed E-state index contributed by atoms with van der Waals surface area (Å²) in [7, 11) is 0. The van der Waals surface area contributed by atoms with Gasteiger partial charge in [-0.15, -0.1) is 10.2 Å². The summed E-state index contributed by atoms with van der Waals surface area (Å²) in [6, 6.07) is 11.3. The van der Waals surface area contributed by atoms with E-state index in [2.05, 4.69) is 29.3 Å². The molecule has 0 bridgehead atoms. The predicted octanol–water partition coefficient (Wildman–Crippen LogP) is 2.78. The van der Waals surface area contributed by atoms with E-state index in [0.717, 1.165) is 10.8 Å². The van der Waals surface area contributed by atoms with Gasteiger partial charge in [-0.2, -0.15) is 0 Å². The number of rotatable bonds is 4. The third-order valence-corrected chi connectivity index (χ3v) is 3.46. The zero-order valence-corrected chi connectivity index (χ0v) is 10.6. The van der Waals surface area contributed by atoms with E-state index in [1.54, 1.807) is 17.8 Å². The molecule has 0 aliphatic carbocycles. The molecule has 0 fully saturated rings. The molecule has 0 aliphatic heterocycles. The molecular weight excluding hydrogens is 248 g/mol. The minimum atomic E-state index is -1.06. The van der Waals surface area contributed by atoms with Crippen LogP contribution in [0.5, 0.6) is 0 Å². The quantitative estimate of drug-likeness (QED) is 0.856. The molecule has 0 radical (unpaired) electrons. The largest absolute Gasteiger partial charge is 0.476 e. The third-order valence-electron chi connectivity index (χ3n) is 2.50. The molecule has 4 nitrogen and oxygen atoms in total. The van der Waals surface area contributed by atoms with Crippen molar-refractivity contribution in [3.05, 3.63) is 53.2 Å². The van der Waals surface area contributed by atoms with E-state index in [1.807, 2.05) is 12.1 Å². The van der Waals surface area contributed by atoms with Crippen molar-refractivity contribution in [2.75, 3.05) is 0 Å². The Morgan fingerprint density at radius 2 is 2.00 bits per heavy atom. The van der Waals surface area contributed by atoms with Crippen LogP contribution in [0.4, 0.5) is 0 Å². The predicted molar refractivity (Wildman–Crippen MR) is 69.7 cm³/mol. The number of aromatic carboxylic acids is 1. The molecule has 0 saturated heterocycles. The molecular formula is C13H12N2O2S. The lowest BCUT2D eigenvalue weighted by Crippen LogP contribution is -2.01. The highest BCUT2D eigenvalue weighted by Crippen LogP contribution is 2.21. The van der Waals surface area contributed by atoms with Crippen molar-refractivity contribution in [3.63, 3.8) is 0 Å². The number of hydrogen-bond acceptors (Lipinski definition) is 4. The molecule has 0 saturated carbocycles. The minimum absolute atomic E-state index is 0.0322. The maximum absolute atomic E-state index is 10.6. The normalized spacial score (nSPS) is 10.3. The van der Waals surface area contributed by atoms with E-state index in [1.165, 1.54) is 17.2 Å². The summed E-state index contributed by atoms with van der Waals surface area (Å²) in [5.41, 5.74) is 2.45. The maximum Gasteiger partial charge on any atom is 0.356 e. The van der Waals surface area contributed by atoms with Gasteiger partial charge in [0.1, 0.15) is 5.03 Å². The van der Waals surface area contributed by atoms with Crippen molar-refractivity contribution in [2.45, 2.75) is 17.7 Å². The molecule has 1 aromatic carbocycles. The van der Waals surface area contributed by atoms with Crippen LogP contribution in [-0.4, -0.2) is 21.3 Å². The molecule has 1 aromatic heterocycles. The van der Waals surface area contributed by atoms with E-state index < -0.39 is 5.97 Å². The van der Waals surface area contributed by atoms with Crippen LogP contribution >= 0.6 is 11.8 Å². The number of carboxylic acids is 1. The highest BCUT2D eigenvalue weighted by Gasteiger charge is 2.06. The summed E-state index contributed by atoms with van der Waals surface area (Å²) < 4.78 is 0. The van der Waals surface area contributed by atoms with Crippen LogP contribution in [0.3, 0.4) is 0 Å². The lowest BCUT2D eigenvalue weighted by molar-refractivity contribution is 0.0689. The molecule has 0 amide bonds. The molecule has 0 unspecified atom stereocenters. The molecule has 92 valence electrons. The number of thioether (sulfide) groups is 1. The average molecular weight is 260 g/mol. The Labute approximate surface area is 109 Å². The molecule has 5 heteroatoms. The summed E-state index contributed by atoms with van der Waals surface area (Å²) in [6.45, 7) is 2.06. The topological polar surface area (TPSA) is 63.1 Å². The molecule has 0 spiro atoms. The van der Waals surface area contributed by atoms with Crippen LogP contribution in [0.25, 0.3) is 0 Å². The number of nitrogens with zero attached hydrogens (tertiary/aromatic N) is 2. The Morgan fingerprint density at radius 3 is 2.61 bits per heavy atom. The van der Waals surface area contributed by atoms with Gasteiger partial charge in [0.2, 0.25) is 0 Å². The molecule has 2 rings (SSSR count). The maximum atomic E-state index is 10.6. The molecule has 0 aliphatic rings. The number of carboxylic acid groups (broad SMARTS) is 1. The van der Waals surface area contributed by atoms with E-state index in [-0.39, 0.29) is 5.69 Å². The van der Waals surface area contributed by atoms with Gasteiger partial charge in [-0.1, -0.05) is 36.0 Å². The summed E-state index contributed by atoms with van der Waals surface area (Å²) in [4.78, 5) is 10.6. The molecule has 18 heavy (non-hydrogen) atoms. The number of carbonyl (C=O) groups is 1. The number of benzene rings is 1. The fourth-order valence-electron chi connectivity index (χ4n) is 1.43. The lowest BCUT2D eigenvalue weighted by atomic mass is 10.1. The standard InChI is InChI=1S/C13H12N2O2S/c1-9-4-2-3-5-10(9)8-18-12-7-6-11(13(16)17)14-15-12/h2-7H,8H2,1H3,(H,16,17). The van der Waals surface area contributed by atoms with Crippen LogP contribution in [0, 0.1) is 6.92 Å². The molecule has 0 atom stereocenters. The second-order valence-corrected chi connectivity index (χ2v) is 4.77. The molecule has 2 aromatic rings. The van der Waals surface area contributed by atoms with Gasteiger partial charge in [0.15, 0.2) is 5.69 Å². The first-order valence-corrected chi connectivity index (χ1v) is 6.39. The summed E-state index contributed by atoms with van der Waals surface area (Å²) >= 11 is 1.54. The fourth-order valence-corrected chi connectivity index (χ4v) is 2.32. The van der Waals surface area contributed by atoms with Gasteiger partial charge in [0.05, 0.1) is 0 Å². The van der Waals surface area contributed by atoms with Crippen LogP contribution in [0.1, 0.15) is 21.6 Å². The van der Waals surface area contributed by atoms with Crippen molar-refractivity contribution >= 4 is 17.7 Å². The van der Waals surface area contributed by atoms with Gasteiger partial charge in [-0.25, -0.2) is 4.79 Å². The van der Waals surface area contributed by atoms with Gasteiger partial charge in [-0.3, -0.25) is 0 Å². The number of aryl methyl sites for hydroxylation is 1.